The Morgan fingerprint density at radius 2 is 2.10 bits per heavy atom. The molecule has 0 spiro atoms. The highest BCUT2D eigenvalue weighted by Gasteiger charge is 2.39. The Bertz CT molecular complexity index is 904. The molecule has 1 heterocycles. The van der Waals surface area contributed by atoms with Gasteiger partial charge in [0.25, 0.3) is 0 Å². The van der Waals surface area contributed by atoms with Crippen molar-refractivity contribution in [1.29, 1.82) is 0 Å². The van der Waals surface area contributed by atoms with E-state index in [1.165, 1.54) is 6.08 Å². The van der Waals surface area contributed by atoms with Crippen LogP contribution in [0.25, 0.3) is 6.08 Å². The SMILES string of the molecule is CCCOc1c(Cl)cc(/C=C/C(=O)NC2(c3noc(C)n3)CCCCC2)cc1OC. The number of aryl methyl sites for hydroxylation is 1. The van der Waals surface area contributed by atoms with E-state index in [1.807, 2.05) is 6.92 Å². The molecule has 0 unspecified atom stereocenters. The van der Waals surface area contributed by atoms with Crippen molar-refractivity contribution in [2.75, 3.05) is 13.7 Å². The van der Waals surface area contributed by atoms with Crippen LogP contribution in [0.4, 0.5) is 0 Å². The fourth-order valence-electron chi connectivity index (χ4n) is 3.68. The van der Waals surface area contributed by atoms with E-state index in [1.54, 1.807) is 32.2 Å². The molecule has 8 heteroatoms. The van der Waals surface area contributed by atoms with Crippen molar-refractivity contribution < 1.29 is 18.8 Å². The summed E-state index contributed by atoms with van der Waals surface area (Å²) in [4.78, 5) is 17.1. The van der Waals surface area contributed by atoms with Crippen LogP contribution in [0.2, 0.25) is 5.02 Å². The third-order valence-corrected chi connectivity index (χ3v) is 5.44. The summed E-state index contributed by atoms with van der Waals surface area (Å²) in [6.45, 7) is 4.32. The third-order valence-electron chi connectivity index (χ3n) is 5.15. The number of rotatable bonds is 8. The van der Waals surface area contributed by atoms with Crippen LogP contribution in [0.1, 0.15) is 62.7 Å². The number of hydrogen-bond donors (Lipinski definition) is 1. The number of benzene rings is 1. The molecule has 0 bridgehead atoms. The van der Waals surface area contributed by atoms with Gasteiger partial charge in [-0.1, -0.05) is 42.9 Å². The lowest BCUT2D eigenvalue weighted by molar-refractivity contribution is -0.119. The monoisotopic (exact) mass is 433 g/mol. The normalized spacial score (nSPS) is 15.9. The smallest absolute Gasteiger partial charge is 0.244 e. The minimum absolute atomic E-state index is 0.222. The van der Waals surface area contributed by atoms with Crippen LogP contribution in [-0.2, 0) is 10.3 Å². The van der Waals surface area contributed by atoms with E-state index >= 15 is 0 Å². The van der Waals surface area contributed by atoms with Gasteiger partial charge >= 0.3 is 0 Å². The number of carbonyl (C=O) groups is 1. The number of amides is 1. The average Bonchev–Trinajstić information content (AvgIpc) is 3.19. The van der Waals surface area contributed by atoms with Gasteiger partial charge in [0.2, 0.25) is 11.8 Å². The van der Waals surface area contributed by atoms with Gasteiger partial charge in [-0.25, -0.2) is 0 Å². The van der Waals surface area contributed by atoms with Crippen LogP contribution in [0.15, 0.2) is 22.7 Å². The van der Waals surface area contributed by atoms with Gasteiger partial charge in [-0.3, -0.25) is 4.79 Å². The van der Waals surface area contributed by atoms with E-state index < -0.39 is 5.54 Å². The molecule has 7 nitrogen and oxygen atoms in total. The number of halogens is 1. The van der Waals surface area contributed by atoms with E-state index in [0.29, 0.717) is 34.8 Å². The maximum atomic E-state index is 12.7. The molecule has 162 valence electrons. The Morgan fingerprint density at radius 3 is 2.73 bits per heavy atom. The number of nitrogens with one attached hydrogen (secondary N) is 1. The molecule has 1 fully saturated rings. The van der Waals surface area contributed by atoms with Crippen LogP contribution in [-0.4, -0.2) is 29.8 Å². The Labute approximate surface area is 181 Å². The molecule has 0 saturated heterocycles. The largest absolute Gasteiger partial charge is 0.493 e. The van der Waals surface area contributed by atoms with Crippen molar-refractivity contribution in [2.24, 2.45) is 0 Å². The maximum absolute atomic E-state index is 12.7. The minimum Gasteiger partial charge on any atom is -0.493 e. The minimum atomic E-state index is -0.593. The summed E-state index contributed by atoms with van der Waals surface area (Å²) in [6, 6.07) is 3.54. The number of aromatic nitrogens is 2. The molecule has 1 saturated carbocycles. The van der Waals surface area contributed by atoms with Gasteiger partial charge in [-0.2, -0.15) is 4.98 Å². The van der Waals surface area contributed by atoms with Gasteiger partial charge < -0.3 is 19.3 Å². The second kappa shape index (κ2) is 9.98. The van der Waals surface area contributed by atoms with Crippen molar-refractivity contribution in [3.05, 3.63) is 40.5 Å². The molecule has 1 aromatic carbocycles. The zero-order valence-electron chi connectivity index (χ0n) is 17.7. The van der Waals surface area contributed by atoms with Gasteiger partial charge in [0.1, 0.15) is 5.54 Å². The lowest BCUT2D eigenvalue weighted by Gasteiger charge is -2.34. The molecule has 0 aliphatic heterocycles. The molecule has 1 aliphatic rings. The molecule has 1 aliphatic carbocycles. The predicted octanol–water partition coefficient (Wildman–Crippen LogP) is 4.82. The lowest BCUT2D eigenvalue weighted by atomic mass is 9.81. The highest BCUT2D eigenvalue weighted by atomic mass is 35.5. The second-order valence-corrected chi connectivity index (χ2v) is 7.89. The quantitative estimate of drug-likeness (QED) is 0.600. The zero-order chi connectivity index (χ0) is 21.6. The third kappa shape index (κ3) is 5.14. The van der Waals surface area contributed by atoms with E-state index in [4.69, 9.17) is 25.6 Å². The average molecular weight is 434 g/mol. The molecule has 0 atom stereocenters. The number of nitrogens with zero attached hydrogens (tertiary/aromatic N) is 2. The van der Waals surface area contributed by atoms with Crippen LogP contribution in [0, 0.1) is 6.92 Å². The summed E-state index contributed by atoms with van der Waals surface area (Å²) in [6.07, 6.45) is 8.76. The Balaban J connectivity index is 1.77. The van der Waals surface area contributed by atoms with Gasteiger partial charge in [0, 0.05) is 13.0 Å². The van der Waals surface area contributed by atoms with Crippen molar-refractivity contribution in [1.82, 2.24) is 15.5 Å². The highest BCUT2D eigenvalue weighted by Crippen LogP contribution is 2.37. The number of methoxy groups -OCH3 is 1. The van der Waals surface area contributed by atoms with Crippen molar-refractivity contribution >= 4 is 23.6 Å². The standard InChI is InChI=1S/C22H28ClN3O4/c1-4-12-29-20-17(23)13-16(14-18(20)28-3)8-9-19(27)25-22(10-6-5-7-11-22)21-24-15(2)30-26-21/h8-9,13-14H,4-7,10-12H2,1-3H3,(H,25,27)/b9-8+. The Hall–Kier alpha value is -2.54. The van der Waals surface area contributed by atoms with Crippen LogP contribution in [0.5, 0.6) is 11.5 Å². The molecule has 1 amide bonds. The van der Waals surface area contributed by atoms with E-state index in [9.17, 15) is 4.79 Å². The van der Waals surface area contributed by atoms with Gasteiger partial charge in [-0.05, 0) is 43.0 Å². The molecule has 2 aromatic rings. The molecule has 1 aromatic heterocycles. The first-order chi connectivity index (χ1) is 14.5. The zero-order valence-corrected chi connectivity index (χ0v) is 18.4. The maximum Gasteiger partial charge on any atom is 0.244 e. The number of carbonyl (C=O) groups excluding carboxylic acids is 1. The fourth-order valence-corrected chi connectivity index (χ4v) is 3.96. The second-order valence-electron chi connectivity index (χ2n) is 7.48. The topological polar surface area (TPSA) is 86.5 Å². The predicted molar refractivity (Wildman–Crippen MR) is 115 cm³/mol. The Kier molecular flexibility index (Phi) is 7.37. The summed E-state index contributed by atoms with van der Waals surface area (Å²) >= 11 is 6.36. The number of hydrogen-bond acceptors (Lipinski definition) is 6. The summed E-state index contributed by atoms with van der Waals surface area (Å²) in [5.74, 6) is 1.86. The van der Waals surface area contributed by atoms with Gasteiger partial charge in [0.15, 0.2) is 17.3 Å². The van der Waals surface area contributed by atoms with Crippen molar-refractivity contribution in [2.45, 2.75) is 57.9 Å². The first-order valence-corrected chi connectivity index (χ1v) is 10.7. The summed E-state index contributed by atoms with van der Waals surface area (Å²) in [5.41, 5.74) is 0.147. The molecule has 0 radical (unpaired) electrons. The van der Waals surface area contributed by atoms with Gasteiger partial charge in [-0.15, -0.1) is 0 Å². The van der Waals surface area contributed by atoms with Crippen LogP contribution in [0.3, 0.4) is 0 Å². The van der Waals surface area contributed by atoms with Crippen molar-refractivity contribution in [3.63, 3.8) is 0 Å². The first kappa shape index (κ1) is 22.2. The molecule has 30 heavy (non-hydrogen) atoms. The molecule has 3 rings (SSSR count). The summed E-state index contributed by atoms with van der Waals surface area (Å²) in [5, 5.41) is 7.63. The lowest BCUT2D eigenvalue weighted by Crippen LogP contribution is -2.47. The summed E-state index contributed by atoms with van der Waals surface area (Å²) in [7, 11) is 1.56. The highest BCUT2D eigenvalue weighted by molar-refractivity contribution is 6.32. The fraction of sp³-hybridized carbons (Fsp3) is 0.500. The van der Waals surface area contributed by atoms with E-state index in [2.05, 4.69) is 15.5 Å². The first-order valence-electron chi connectivity index (χ1n) is 10.3. The van der Waals surface area contributed by atoms with E-state index in [-0.39, 0.29) is 5.91 Å². The summed E-state index contributed by atoms with van der Waals surface area (Å²) < 4.78 is 16.2. The van der Waals surface area contributed by atoms with Crippen molar-refractivity contribution in [3.8, 4) is 11.5 Å². The Morgan fingerprint density at radius 1 is 1.33 bits per heavy atom. The molecular formula is C22H28ClN3O4. The van der Waals surface area contributed by atoms with E-state index in [0.717, 1.165) is 44.1 Å². The molecule has 1 N–H and O–H groups in total. The van der Waals surface area contributed by atoms with Crippen LogP contribution >= 0.6 is 11.6 Å². The molecular weight excluding hydrogens is 406 g/mol. The van der Waals surface area contributed by atoms with Crippen LogP contribution < -0.4 is 14.8 Å². The number of ether oxygens (including phenoxy) is 2. The van der Waals surface area contributed by atoms with Gasteiger partial charge in [0.05, 0.1) is 18.7 Å².